The van der Waals surface area contributed by atoms with Gasteiger partial charge in [-0.2, -0.15) is 5.26 Å². The fourth-order valence-corrected chi connectivity index (χ4v) is 2.73. The van der Waals surface area contributed by atoms with Gasteiger partial charge in [-0.05, 0) is 55.3 Å². The molecule has 0 fully saturated rings. The van der Waals surface area contributed by atoms with E-state index in [1.807, 2.05) is 24.4 Å². The summed E-state index contributed by atoms with van der Waals surface area (Å²) >= 11 is 0. The lowest BCUT2D eigenvalue weighted by molar-refractivity contribution is 0.415. The quantitative estimate of drug-likeness (QED) is 0.706. The minimum absolute atomic E-state index is 0.656. The topological polar surface area (TPSA) is 37.9 Å². The molecule has 0 N–H and O–H groups in total. The lowest BCUT2D eigenvalue weighted by atomic mass is 10.1. The van der Waals surface area contributed by atoms with Gasteiger partial charge in [-0.25, -0.2) is 0 Å². The number of hydrogen-bond donors (Lipinski definition) is 0. The number of aryl methyl sites for hydroxylation is 2. The number of hydrogen-bond acceptors (Lipinski definition) is 2. The molecule has 1 aromatic heterocycles. The van der Waals surface area contributed by atoms with E-state index in [0.717, 1.165) is 22.3 Å². The summed E-state index contributed by atoms with van der Waals surface area (Å²) in [6.07, 6.45) is 1.89. The van der Waals surface area contributed by atoms with Crippen LogP contribution < -0.4 is 4.74 Å². The van der Waals surface area contributed by atoms with Crippen molar-refractivity contribution in [3.05, 3.63) is 59.3 Å². The van der Waals surface area contributed by atoms with Gasteiger partial charge < -0.3 is 9.30 Å². The summed E-state index contributed by atoms with van der Waals surface area (Å²) in [5.41, 5.74) is 5.15. The van der Waals surface area contributed by atoms with E-state index >= 15 is 0 Å². The fraction of sp³-hybridized carbons (Fsp3) is 0.167. The summed E-state index contributed by atoms with van der Waals surface area (Å²) in [6.45, 7) is 4.16. The highest BCUT2D eigenvalue weighted by atomic mass is 16.5. The predicted molar refractivity (Wildman–Crippen MR) is 84.0 cm³/mol. The van der Waals surface area contributed by atoms with Crippen LogP contribution in [-0.2, 0) is 0 Å². The average Bonchev–Trinajstić information content (AvgIpc) is 2.84. The predicted octanol–water partition coefficient (Wildman–Crippen LogP) is 4.13. The summed E-state index contributed by atoms with van der Waals surface area (Å²) in [4.78, 5) is 0. The molecule has 0 amide bonds. The summed E-state index contributed by atoms with van der Waals surface area (Å²) in [7, 11) is 1.63. The molecule has 0 saturated heterocycles. The molecule has 0 saturated carbocycles. The van der Waals surface area contributed by atoms with E-state index in [4.69, 9.17) is 4.74 Å². The van der Waals surface area contributed by atoms with Crippen LogP contribution >= 0.6 is 0 Å². The van der Waals surface area contributed by atoms with Crippen LogP contribution in [-0.4, -0.2) is 11.7 Å². The number of benzene rings is 2. The van der Waals surface area contributed by atoms with Crippen molar-refractivity contribution in [3.8, 4) is 17.5 Å². The van der Waals surface area contributed by atoms with Gasteiger partial charge in [-0.15, -0.1) is 0 Å². The number of methoxy groups -OCH3 is 1. The minimum Gasteiger partial charge on any atom is -0.497 e. The maximum absolute atomic E-state index is 9.36. The van der Waals surface area contributed by atoms with Crippen LogP contribution in [0.4, 0.5) is 0 Å². The summed E-state index contributed by atoms with van der Waals surface area (Å²) < 4.78 is 7.32. The van der Waals surface area contributed by atoms with Gasteiger partial charge in [0.05, 0.1) is 18.2 Å². The Hall–Kier alpha value is -2.73. The number of nitriles is 1. The first-order valence-corrected chi connectivity index (χ1v) is 6.80. The molecule has 3 nitrogen and oxygen atoms in total. The molecule has 0 aliphatic rings. The van der Waals surface area contributed by atoms with Gasteiger partial charge in [-0.1, -0.05) is 6.07 Å². The van der Waals surface area contributed by atoms with Gasteiger partial charge >= 0.3 is 0 Å². The largest absolute Gasteiger partial charge is 0.497 e. The molecular formula is C18H16N2O. The zero-order chi connectivity index (χ0) is 15.0. The van der Waals surface area contributed by atoms with E-state index in [-0.39, 0.29) is 0 Å². The fourth-order valence-electron chi connectivity index (χ4n) is 2.73. The monoisotopic (exact) mass is 276 g/mol. The molecule has 0 aliphatic heterocycles. The number of aromatic nitrogens is 1. The zero-order valence-electron chi connectivity index (χ0n) is 12.3. The SMILES string of the molecule is COc1ccc2c(c1)c(C#N)cn2-c1cc(C)cc(C)c1. The smallest absolute Gasteiger partial charge is 0.119 e. The first-order chi connectivity index (χ1) is 10.1. The van der Waals surface area contributed by atoms with E-state index in [0.29, 0.717) is 5.56 Å². The molecule has 0 aliphatic carbocycles. The van der Waals surface area contributed by atoms with Gasteiger partial charge in [0.15, 0.2) is 0 Å². The molecule has 21 heavy (non-hydrogen) atoms. The third-order valence-corrected chi connectivity index (χ3v) is 3.62. The summed E-state index contributed by atoms with van der Waals surface area (Å²) in [6, 6.07) is 14.5. The van der Waals surface area contributed by atoms with Crippen molar-refractivity contribution in [2.75, 3.05) is 7.11 Å². The zero-order valence-corrected chi connectivity index (χ0v) is 12.3. The highest BCUT2D eigenvalue weighted by molar-refractivity contribution is 5.89. The van der Waals surface area contributed by atoms with Crippen molar-refractivity contribution in [1.82, 2.24) is 4.57 Å². The number of nitrogens with zero attached hydrogens (tertiary/aromatic N) is 2. The Morgan fingerprint density at radius 2 is 1.76 bits per heavy atom. The molecule has 104 valence electrons. The molecule has 1 heterocycles. The molecule has 3 rings (SSSR count). The second-order valence-corrected chi connectivity index (χ2v) is 5.25. The third kappa shape index (κ3) is 2.25. The lowest BCUT2D eigenvalue weighted by Gasteiger charge is -2.08. The molecular weight excluding hydrogens is 260 g/mol. The van der Waals surface area contributed by atoms with Gasteiger partial charge in [0, 0.05) is 17.3 Å². The van der Waals surface area contributed by atoms with E-state index in [1.165, 1.54) is 11.1 Å². The van der Waals surface area contributed by atoms with Crippen molar-refractivity contribution in [1.29, 1.82) is 5.26 Å². The molecule has 0 spiro atoms. The van der Waals surface area contributed by atoms with E-state index < -0.39 is 0 Å². The number of ether oxygens (including phenoxy) is 1. The average molecular weight is 276 g/mol. The van der Waals surface area contributed by atoms with Crippen LogP contribution in [0.2, 0.25) is 0 Å². The first kappa shape index (κ1) is 13.3. The van der Waals surface area contributed by atoms with Crippen LogP contribution in [0.5, 0.6) is 5.75 Å². The van der Waals surface area contributed by atoms with Crippen LogP contribution in [0.15, 0.2) is 42.6 Å². The van der Waals surface area contributed by atoms with Crippen LogP contribution in [0, 0.1) is 25.2 Å². The summed E-state index contributed by atoms with van der Waals surface area (Å²) in [5.74, 6) is 0.761. The molecule has 0 bridgehead atoms. The van der Waals surface area contributed by atoms with Crippen LogP contribution in [0.25, 0.3) is 16.6 Å². The van der Waals surface area contributed by atoms with Crippen molar-refractivity contribution in [2.24, 2.45) is 0 Å². The minimum atomic E-state index is 0.656. The number of fused-ring (bicyclic) bond motifs is 1. The Morgan fingerprint density at radius 3 is 2.38 bits per heavy atom. The molecule has 0 unspecified atom stereocenters. The van der Waals surface area contributed by atoms with E-state index in [1.54, 1.807) is 7.11 Å². The van der Waals surface area contributed by atoms with Crippen LogP contribution in [0.3, 0.4) is 0 Å². The van der Waals surface area contributed by atoms with Crippen molar-refractivity contribution in [2.45, 2.75) is 13.8 Å². The molecule has 0 radical (unpaired) electrons. The Kier molecular flexibility index (Phi) is 3.15. The second kappa shape index (κ2) is 4.99. The first-order valence-electron chi connectivity index (χ1n) is 6.80. The second-order valence-electron chi connectivity index (χ2n) is 5.25. The van der Waals surface area contributed by atoms with E-state index in [2.05, 4.69) is 42.7 Å². The van der Waals surface area contributed by atoms with Gasteiger partial charge in [0.25, 0.3) is 0 Å². The molecule has 3 heteroatoms. The van der Waals surface area contributed by atoms with Gasteiger partial charge in [-0.3, -0.25) is 0 Å². The number of rotatable bonds is 2. The van der Waals surface area contributed by atoms with Crippen molar-refractivity contribution < 1.29 is 4.74 Å². The van der Waals surface area contributed by atoms with Crippen LogP contribution in [0.1, 0.15) is 16.7 Å². The molecule has 3 aromatic rings. The van der Waals surface area contributed by atoms with E-state index in [9.17, 15) is 5.26 Å². The maximum atomic E-state index is 9.36. The normalized spacial score (nSPS) is 10.6. The van der Waals surface area contributed by atoms with Crippen molar-refractivity contribution in [3.63, 3.8) is 0 Å². The Labute approximate surface area is 124 Å². The van der Waals surface area contributed by atoms with Gasteiger partial charge in [0.1, 0.15) is 11.8 Å². The van der Waals surface area contributed by atoms with Crippen molar-refractivity contribution >= 4 is 10.9 Å². The molecule has 2 aromatic carbocycles. The highest BCUT2D eigenvalue weighted by Crippen LogP contribution is 2.28. The Bertz CT molecular complexity index is 849. The molecule has 0 atom stereocenters. The Morgan fingerprint density at radius 1 is 1.05 bits per heavy atom. The maximum Gasteiger partial charge on any atom is 0.119 e. The standard InChI is InChI=1S/C18H16N2O/c1-12-6-13(2)8-15(7-12)20-11-14(10-19)17-9-16(21-3)4-5-18(17)20/h4-9,11H,1-3H3. The Balaban J connectivity index is 2.31. The van der Waals surface area contributed by atoms with Gasteiger partial charge in [0.2, 0.25) is 0 Å². The third-order valence-electron chi connectivity index (χ3n) is 3.62. The lowest BCUT2D eigenvalue weighted by Crippen LogP contribution is -1.93. The highest BCUT2D eigenvalue weighted by Gasteiger charge is 2.11. The summed E-state index contributed by atoms with van der Waals surface area (Å²) in [5, 5.41) is 10.3.